The number of halogens is 1. The second-order valence-corrected chi connectivity index (χ2v) is 4.93. The molecule has 0 bridgehead atoms. The highest BCUT2D eigenvalue weighted by molar-refractivity contribution is 6.32. The Balaban J connectivity index is 2.00. The lowest BCUT2D eigenvalue weighted by atomic mass is 10.1. The van der Waals surface area contributed by atoms with Crippen LogP contribution in [-0.2, 0) is 0 Å². The van der Waals surface area contributed by atoms with E-state index < -0.39 is 0 Å². The van der Waals surface area contributed by atoms with Crippen molar-refractivity contribution in [2.75, 3.05) is 5.73 Å². The molecular formula is C17H13ClN2O. The SMILES string of the molecule is Nc1cnc(Oc2ccccc2-c2ccccc2)c(Cl)c1. The van der Waals surface area contributed by atoms with E-state index in [1.807, 2.05) is 54.6 Å². The lowest BCUT2D eigenvalue weighted by Gasteiger charge is -2.11. The maximum Gasteiger partial charge on any atom is 0.238 e. The molecule has 0 aliphatic carbocycles. The molecule has 2 N–H and O–H groups in total. The summed E-state index contributed by atoms with van der Waals surface area (Å²) in [6.45, 7) is 0. The maximum absolute atomic E-state index is 6.11. The Bertz CT molecular complexity index is 760. The summed E-state index contributed by atoms with van der Waals surface area (Å²) in [6.07, 6.45) is 1.52. The van der Waals surface area contributed by atoms with Gasteiger partial charge in [0.1, 0.15) is 10.8 Å². The topological polar surface area (TPSA) is 48.1 Å². The van der Waals surface area contributed by atoms with Gasteiger partial charge in [-0.1, -0.05) is 60.1 Å². The van der Waals surface area contributed by atoms with Crippen LogP contribution in [0.1, 0.15) is 0 Å². The normalized spacial score (nSPS) is 10.3. The molecule has 3 nitrogen and oxygen atoms in total. The zero-order valence-corrected chi connectivity index (χ0v) is 11.9. The molecule has 0 spiro atoms. The van der Waals surface area contributed by atoms with E-state index >= 15 is 0 Å². The van der Waals surface area contributed by atoms with Crippen LogP contribution in [0.15, 0.2) is 66.9 Å². The predicted molar refractivity (Wildman–Crippen MR) is 85.6 cm³/mol. The van der Waals surface area contributed by atoms with Crippen LogP contribution in [0.5, 0.6) is 11.6 Å². The Hall–Kier alpha value is -2.52. The summed E-state index contributed by atoms with van der Waals surface area (Å²) < 4.78 is 5.85. The number of nitrogens with zero attached hydrogens (tertiary/aromatic N) is 1. The molecule has 0 fully saturated rings. The molecule has 0 saturated carbocycles. The van der Waals surface area contributed by atoms with Crippen molar-refractivity contribution in [1.82, 2.24) is 4.98 Å². The summed E-state index contributed by atoms with van der Waals surface area (Å²) in [5.74, 6) is 1.04. The molecule has 1 aromatic heterocycles. The Kier molecular flexibility index (Phi) is 3.75. The van der Waals surface area contributed by atoms with Crippen molar-refractivity contribution in [3.8, 4) is 22.8 Å². The van der Waals surface area contributed by atoms with Crippen LogP contribution in [-0.4, -0.2) is 4.98 Å². The third-order valence-corrected chi connectivity index (χ3v) is 3.28. The quantitative estimate of drug-likeness (QED) is 0.757. The van der Waals surface area contributed by atoms with E-state index in [2.05, 4.69) is 4.98 Å². The van der Waals surface area contributed by atoms with E-state index in [1.54, 1.807) is 6.07 Å². The molecule has 4 heteroatoms. The van der Waals surface area contributed by atoms with Crippen molar-refractivity contribution in [1.29, 1.82) is 0 Å². The molecular weight excluding hydrogens is 284 g/mol. The van der Waals surface area contributed by atoms with Crippen molar-refractivity contribution in [3.63, 3.8) is 0 Å². The van der Waals surface area contributed by atoms with Gasteiger partial charge >= 0.3 is 0 Å². The Morgan fingerprint density at radius 2 is 1.67 bits per heavy atom. The summed E-state index contributed by atoms with van der Waals surface area (Å²) >= 11 is 6.11. The molecule has 21 heavy (non-hydrogen) atoms. The average molecular weight is 297 g/mol. The van der Waals surface area contributed by atoms with Crippen LogP contribution in [0.2, 0.25) is 5.02 Å². The number of para-hydroxylation sites is 1. The first-order valence-corrected chi connectivity index (χ1v) is 6.85. The second kappa shape index (κ2) is 5.85. The molecule has 0 radical (unpaired) electrons. The van der Waals surface area contributed by atoms with Crippen LogP contribution in [0.25, 0.3) is 11.1 Å². The van der Waals surface area contributed by atoms with Crippen molar-refractivity contribution in [2.24, 2.45) is 0 Å². The number of hydrogen-bond donors (Lipinski definition) is 1. The summed E-state index contributed by atoms with van der Waals surface area (Å²) in [6, 6.07) is 19.4. The Morgan fingerprint density at radius 3 is 2.43 bits per heavy atom. The second-order valence-electron chi connectivity index (χ2n) is 4.52. The van der Waals surface area contributed by atoms with Crippen LogP contribution in [0.4, 0.5) is 5.69 Å². The first kappa shape index (κ1) is 13.5. The number of nitrogens with two attached hydrogens (primary N) is 1. The minimum absolute atomic E-state index is 0.342. The van der Waals surface area contributed by atoms with Gasteiger partial charge in [-0.25, -0.2) is 4.98 Å². The highest BCUT2D eigenvalue weighted by atomic mass is 35.5. The third-order valence-electron chi connectivity index (χ3n) is 3.01. The number of aromatic nitrogens is 1. The highest BCUT2D eigenvalue weighted by Gasteiger charge is 2.10. The molecule has 0 aliphatic heterocycles. The standard InChI is InChI=1S/C17H13ClN2O/c18-15-10-13(19)11-20-17(15)21-16-9-5-4-8-14(16)12-6-2-1-3-7-12/h1-11H,19H2. The van der Waals surface area contributed by atoms with Gasteiger partial charge in [-0.2, -0.15) is 0 Å². The molecule has 1 heterocycles. The van der Waals surface area contributed by atoms with Gasteiger partial charge in [-0.3, -0.25) is 0 Å². The maximum atomic E-state index is 6.11. The van der Waals surface area contributed by atoms with Gasteiger partial charge in [0.25, 0.3) is 0 Å². The van der Waals surface area contributed by atoms with E-state index in [-0.39, 0.29) is 0 Å². The van der Waals surface area contributed by atoms with E-state index in [0.29, 0.717) is 22.3 Å². The van der Waals surface area contributed by atoms with Crippen molar-refractivity contribution >= 4 is 17.3 Å². The highest BCUT2D eigenvalue weighted by Crippen LogP contribution is 2.35. The van der Waals surface area contributed by atoms with Gasteiger partial charge in [-0.05, 0) is 17.7 Å². The molecule has 0 amide bonds. The Labute approximate surface area is 128 Å². The van der Waals surface area contributed by atoms with E-state index in [1.165, 1.54) is 6.20 Å². The molecule has 104 valence electrons. The average Bonchev–Trinajstić information content (AvgIpc) is 2.51. The van der Waals surface area contributed by atoms with Gasteiger partial charge in [-0.15, -0.1) is 0 Å². The van der Waals surface area contributed by atoms with Crippen molar-refractivity contribution in [2.45, 2.75) is 0 Å². The van der Waals surface area contributed by atoms with Gasteiger partial charge in [0.05, 0.1) is 11.9 Å². The molecule has 0 saturated heterocycles. The van der Waals surface area contributed by atoms with Crippen LogP contribution >= 0.6 is 11.6 Å². The van der Waals surface area contributed by atoms with Gasteiger partial charge in [0.2, 0.25) is 5.88 Å². The van der Waals surface area contributed by atoms with Crippen molar-refractivity contribution in [3.05, 3.63) is 71.9 Å². The lowest BCUT2D eigenvalue weighted by molar-refractivity contribution is 0.465. The number of hydrogen-bond acceptors (Lipinski definition) is 3. The first-order chi connectivity index (χ1) is 10.2. The zero-order valence-electron chi connectivity index (χ0n) is 11.2. The molecule has 3 aromatic rings. The molecule has 2 aromatic carbocycles. The fraction of sp³-hybridized carbons (Fsp3) is 0. The fourth-order valence-electron chi connectivity index (χ4n) is 2.03. The molecule has 0 unspecified atom stereocenters. The number of benzene rings is 2. The van der Waals surface area contributed by atoms with Crippen LogP contribution in [0, 0.1) is 0 Å². The fourth-order valence-corrected chi connectivity index (χ4v) is 2.24. The Morgan fingerprint density at radius 1 is 0.952 bits per heavy atom. The van der Waals surface area contributed by atoms with Crippen LogP contribution < -0.4 is 10.5 Å². The molecule has 3 rings (SSSR count). The van der Waals surface area contributed by atoms with Crippen molar-refractivity contribution < 1.29 is 4.74 Å². The predicted octanol–water partition coefficient (Wildman–Crippen LogP) is 4.78. The summed E-state index contributed by atoms with van der Waals surface area (Å²) in [4.78, 5) is 4.13. The van der Waals surface area contributed by atoms with E-state index in [9.17, 15) is 0 Å². The zero-order chi connectivity index (χ0) is 14.7. The summed E-state index contributed by atoms with van der Waals surface area (Å²) in [7, 11) is 0. The van der Waals surface area contributed by atoms with E-state index in [4.69, 9.17) is 22.1 Å². The minimum Gasteiger partial charge on any atom is -0.437 e. The van der Waals surface area contributed by atoms with Gasteiger partial charge in [0.15, 0.2) is 0 Å². The number of rotatable bonds is 3. The molecule has 0 atom stereocenters. The first-order valence-electron chi connectivity index (χ1n) is 6.47. The monoisotopic (exact) mass is 296 g/mol. The third kappa shape index (κ3) is 2.98. The largest absolute Gasteiger partial charge is 0.437 e. The molecule has 0 aliphatic rings. The number of anilines is 1. The smallest absolute Gasteiger partial charge is 0.238 e. The minimum atomic E-state index is 0.342. The van der Waals surface area contributed by atoms with Crippen LogP contribution in [0.3, 0.4) is 0 Å². The van der Waals surface area contributed by atoms with E-state index in [0.717, 1.165) is 11.1 Å². The number of pyridine rings is 1. The number of nitrogen functional groups attached to an aromatic ring is 1. The summed E-state index contributed by atoms with van der Waals surface area (Å²) in [5, 5.41) is 0.387. The number of ether oxygens (including phenoxy) is 1. The summed E-state index contributed by atoms with van der Waals surface area (Å²) in [5.41, 5.74) is 8.19. The lowest BCUT2D eigenvalue weighted by Crippen LogP contribution is -1.93. The van der Waals surface area contributed by atoms with Gasteiger partial charge < -0.3 is 10.5 Å². The van der Waals surface area contributed by atoms with Gasteiger partial charge in [0, 0.05) is 5.56 Å².